The van der Waals surface area contributed by atoms with Crippen molar-refractivity contribution >= 4 is 17.3 Å². The van der Waals surface area contributed by atoms with E-state index >= 15 is 0 Å². The number of benzene rings is 1. The molecule has 1 nitrogen and oxygen atoms in total. The summed E-state index contributed by atoms with van der Waals surface area (Å²) in [5.41, 5.74) is 1.77. The number of hydrogen-bond acceptors (Lipinski definition) is 1. The highest BCUT2D eigenvalue weighted by molar-refractivity contribution is 6.17. The standard InChI is InChI=1S/C12H15ClFN/c1-15(8-9-2-3-9)12-5-10(7-13)4-11(14)6-12/h4-6,9H,2-3,7-8H2,1H3. The molecule has 0 radical (unpaired) electrons. The van der Waals surface area contributed by atoms with Crippen LogP contribution in [0, 0.1) is 11.7 Å². The lowest BCUT2D eigenvalue weighted by Gasteiger charge is -2.19. The zero-order valence-corrected chi connectivity index (χ0v) is 9.60. The summed E-state index contributed by atoms with van der Waals surface area (Å²) >= 11 is 5.71. The first kappa shape index (κ1) is 10.7. The molecule has 1 aliphatic rings. The number of anilines is 1. The first-order valence-electron chi connectivity index (χ1n) is 5.25. The van der Waals surface area contributed by atoms with Gasteiger partial charge in [0.05, 0.1) is 0 Å². The first-order valence-corrected chi connectivity index (χ1v) is 5.79. The van der Waals surface area contributed by atoms with Crippen LogP contribution in [0.15, 0.2) is 18.2 Å². The fraction of sp³-hybridized carbons (Fsp3) is 0.500. The molecule has 0 aromatic heterocycles. The van der Waals surface area contributed by atoms with Gasteiger partial charge in [-0.1, -0.05) is 0 Å². The summed E-state index contributed by atoms with van der Waals surface area (Å²) in [4.78, 5) is 2.11. The largest absolute Gasteiger partial charge is 0.374 e. The molecule has 1 saturated carbocycles. The van der Waals surface area contributed by atoms with Crippen LogP contribution >= 0.6 is 11.6 Å². The summed E-state index contributed by atoms with van der Waals surface area (Å²) in [7, 11) is 2.01. The van der Waals surface area contributed by atoms with E-state index in [9.17, 15) is 4.39 Å². The number of rotatable bonds is 4. The van der Waals surface area contributed by atoms with E-state index < -0.39 is 0 Å². The van der Waals surface area contributed by atoms with Crippen molar-refractivity contribution in [2.75, 3.05) is 18.5 Å². The summed E-state index contributed by atoms with van der Waals surface area (Å²) in [6.07, 6.45) is 2.62. The minimum Gasteiger partial charge on any atom is -0.374 e. The molecule has 1 aliphatic carbocycles. The fourth-order valence-corrected chi connectivity index (χ4v) is 1.88. The summed E-state index contributed by atoms with van der Waals surface area (Å²) in [5.74, 6) is 0.964. The maximum atomic E-state index is 13.2. The molecule has 3 heteroatoms. The van der Waals surface area contributed by atoms with E-state index in [-0.39, 0.29) is 5.82 Å². The average Bonchev–Trinajstić information content (AvgIpc) is 3.00. The molecule has 0 spiro atoms. The second kappa shape index (κ2) is 4.40. The second-order valence-electron chi connectivity index (χ2n) is 4.28. The molecule has 0 atom stereocenters. The van der Waals surface area contributed by atoms with E-state index in [0.29, 0.717) is 5.88 Å². The molecular weight excluding hydrogens is 213 g/mol. The zero-order chi connectivity index (χ0) is 10.8. The average molecular weight is 228 g/mol. The fourth-order valence-electron chi connectivity index (χ4n) is 1.72. The topological polar surface area (TPSA) is 3.24 Å². The Labute approximate surface area is 94.8 Å². The van der Waals surface area contributed by atoms with Crippen LogP contribution in [0.1, 0.15) is 18.4 Å². The van der Waals surface area contributed by atoms with Crippen molar-refractivity contribution in [2.45, 2.75) is 18.7 Å². The lowest BCUT2D eigenvalue weighted by atomic mass is 10.2. The van der Waals surface area contributed by atoms with Crippen molar-refractivity contribution < 1.29 is 4.39 Å². The van der Waals surface area contributed by atoms with Crippen molar-refractivity contribution in [3.05, 3.63) is 29.6 Å². The molecule has 0 aliphatic heterocycles. The van der Waals surface area contributed by atoms with Gasteiger partial charge in [0.1, 0.15) is 5.82 Å². The predicted molar refractivity (Wildman–Crippen MR) is 62.0 cm³/mol. The van der Waals surface area contributed by atoms with Gasteiger partial charge in [0, 0.05) is 25.2 Å². The molecule has 0 unspecified atom stereocenters. The molecule has 0 N–H and O–H groups in total. The van der Waals surface area contributed by atoms with Crippen molar-refractivity contribution in [2.24, 2.45) is 5.92 Å². The third-order valence-corrected chi connectivity index (χ3v) is 3.07. The predicted octanol–water partition coefficient (Wildman–Crippen LogP) is 3.41. The summed E-state index contributed by atoms with van der Waals surface area (Å²) in [6.45, 7) is 1.02. The molecule has 0 amide bonds. The summed E-state index contributed by atoms with van der Waals surface area (Å²) in [5, 5.41) is 0. The van der Waals surface area contributed by atoms with Crippen LogP contribution in [0.2, 0.25) is 0 Å². The van der Waals surface area contributed by atoms with Gasteiger partial charge in [-0.3, -0.25) is 0 Å². The van der Waals surface area contributed by atoms with Crippen LogP contribution in [0.4, 0.5) is 10.1 Å². The van der Waals surface area contributed by atoms with Crippen LogP contribution in [-0.2, 0) is 5.88 Å². The lowest BCUT2D eigenvalue weighted by molar-refractivity contribution is 0.625. The minimum absolute atomic E-state index is 0.203. The number of hydrogen-bond donors (Lipinski definition) is 0. The number of halogens is 2. The Kier molecular flexibility index (Phi) is 3.15. The molecule has 15 heavy (non-hydrogen) atoms. The van der Waals surface area contributed by atoms with E-state index in [0.717, 1.165) is 23.7 Å². The molecule has 1 aromatic rings. The maximum absolute atomic E-state index is 13.2. The van der Waals surface area contributed by atoms with Crippen molar-refractivity contribution in [1.29, 1.82) is 0 Å². The number of alkyl halides is 1. The monoisotopic (exact) mass is 227 g/mol. The van der Waals surface area contributed by atoms with Crippen molar-refractivity contribution in [1.82, 2.24) is 0 Å². The first-order chi connectivity index (χ1) is 7.19. The van der Waals surface area contributed by atoms with Crippen molar-refractivity contribution in [3.8, 4) is 0 Å². The Balaban J connectivity index is 2.13. The highest BCUT2D eigenvalue weighted by Gasteiger charge is 2.23. The van der Waals surface area contributed by atoms with Gasteiger partial charge in [0.2, 0.25) is 0 Å². The van der Waals surface area contributed by atoms with Crippen LogP contribution < -0.4 is 4.90 Å². The van der Waals surface area contributed by atoms with Gasteiger partial charge in [-0.05, 0) is 42.5 Å². The maximum Gasteiger partial charge on any atom is 0.125 e. The summed E-state index contributed by atoms with van der Waals surface area (Å²) in [6, 6.07) is 5.01. The molecule has 0 saturated heterocycles. The van der Waals surface area contributed by atoms with Gasteiger partial charge in [0.25, 0.3) is 0 Å². The third kappa shape index (κ3) is 2.85. The zero-order valence-electron chi connectivity index (χ0n) is 8.84. The van der Waals surface area contributed by atoms with E-state index in [1.54, 1.807) is 6.07 Å². The Morgan fingerprint density at radius 1 is 1.40 bits per heavy atom. The van der Waals surface area contributed by atoms with E-state index in [1.807, 2.05) is 13.1 Å². The quantitative estimate of drug-likeness (QED) is 0.713. The van der Waals surface area contributed by atoms with Crippen molar-refractivity contribution in [3.63, 3.8) is 0 Å². The molecule has 82 valence electrons. The SMILES string of the molecule is CN(CC1CC1)c1cc(F)cc(CCl)c1. The van der Waals surface area contributed by atoms with Gasteiger partial charge in [-0.2, -0.15) is 0 Å². The van der Waals surface area contributed by atoms with Gasteiger partial charge >= 0.3 is 0 Å². The Bertz CT molecular complexity index is 349. The summed E-state index contributed by atoms with van der Waals surface area (Å²) < 4.78 is 13.2. The molecular formula is C12H15ClFN. The normalized spacial score (nSPS) is 15.4. The highest BCUT2D eigenvalue weighted by Crippen LogP contribution is 2.31. The Morgan fingerprint density at radius 2 is 2.13 bits per heavy atom. The van der Waals surface area contributed by atoms with Gasteiger partial charge in [-0.25, -0.2) is 4.39 Å². The Hall–Kier alpha value is -0.760. The van der Waals surface area contributed by atoms with Gasteiger partial charge < -0.3 is 4.90 Å². The lowest BCUT2D eigenvalue weighted by Crippen LogP contribution is -2.20. The number of nitrogens with zero attached hydrogens (tertiary/aromatic N) is 1. The van der Waals surface area contributed by atoms with Gasteiger partial charge in [0.15, 0.2) is 0 Å². The van der Waals surface area contributed by atoms with E-state index in [1.165, 1.54) is 18.9 Å². The molecule has 0 heterocycles. The molecule has 1 fully saturated rings. The minimum atomic E-state index is -0.203. The van der Waals surface area contributed by atoms with E-state index in [4.69, 9.17) is 11.6 Å². The van der Waals surface area contributed by atoms with Gasteiger partial charge in [-0.15, -0.1) is 11.6 Å². The van der Waals surface area contributed by atoms with Crippen LogP contribution in [0.25, 0.3) is 0 Å². The molecule has 0 bridgehead atoms. The Morgan fingerprint density at radius 3 is 2.73 bits per heavy atom. The highest BCUT2D eigenvalue weighted by atomic mass is 35.5. The molecule has 1 aromatic carbocycles. The molecule has 2 rings (SSSR count). The third-order valence-electron chi connectivity index (χ3n) is 2.77. The smallest absolute Gasteiger partial charge is 0.125 e. The van der Waals surface area contributed by atoms with Crippen LogP contribution in [-0.4, -0.2) is 13.6 Å². The van der Waals surface area contributed by atoms with Crippen LogP contribution in [0.5, 0.6) is 0 Å². The van der Waals surface area contributed by atoms with Crippen LogP contribution in [0.3, 0.4) is 0 Å². The second-order valence-corrected chi connectivity index (χ2v) is 4.54. The van der Waals surface area contributed by atoms with E-state index in [2.05, 4.69) is 4.90 Å².